The zero-order valence-electron chi connectivity index (χ0n) is 19.7. The summed E-state index contributed by atoms with van der Waals surface area (Å²) in [4.78, 5) is 4.73. The van der Waals surface area contributed by atoms with Crippen molar-refractivity contribution in [1.82, 2.24) is 10.3 Å². The molecule has 0 aliphatic rings. The number of nitrogens with zero attached hydrogens (tertiary/aromatic N) is 1. The Hall–Kier alpha value is -3.43. The number of aromatic nitrogens is 1. The molecule has 6 nitrogen and oxygen atoms in total. The minimum absolute atomic E-state index is 0.284. The molecule has 0 amide bonds. The molecule has 0 aliphatic carbocycles. The Morgan fingerprint density at radius 2 is 1.67 bits per heavy atom. The first kappa shape index (κ1) is 25.7. The number of hydrogen-bond donors (Lipinski definition) is 2. The Balaban J connectivity index is 1.42. The van der Waals surface area contributed by atoms with E-state index in [9.17, 15) is 13.2 Å². The van der Waals surface area contributed by atoms with Crippen molar-refractivity contribution in [2.45, 2.75) is 19.3 Å². The number of fused-ring (bicyclic) bond motifs is 2. The normalized spacial score (nSPS) is 11.6. The van der Waals surface area contributed by atoms with Gasteiger partial charge in [0, 0.05) is 34.4 Å². The Kier molecular flexibility index (Phi) is 7.91. The van der Waals surface area contributed by atoms with Gasteiger partial charge in [0.15, 0.2) is 0 Å². The van der Waals surface area contributed by atoms with Gasteiger partial charge in [0.1, 0.15) is 17.2 Å². The lowest BCUT2D eigenvalue weighted by Crippen LogP contribution is -2.19. The largest absolute Gasteiger partial charge is 0.573 e. The van der Waals surface area contributed by atoms with Crippen molar-refractivity contribution in [1.29, 1.82) is 0 Å². The van der Waals surface area contributed by atoms with E-state index in [4.69, 9.17) is 26.1 Å². The van der Waals surface area contributed by atoms with E-state index in [2.05, 4.69) is 15.4 Å². The number of hydrogen-bond acceptors (Lipinski definition) is 6. The van der Waals surface area contributed by atoms with Crippen LogP contribution in [0.1, 0.15) is 12.0 Å². The summed E-state index contributed by atoms with van der Waals surface area (Å²) in [6, 6.07) is 15.3. The van der Waals surface area contributed by atoms with Crippen LogP contribution in [0.25, 0.3) is 21.8 Å². The fourth-order valence-electron chi connectivity index (χ4n) is 3.95. The Bertz CT molecular complexity index is 1370. The molecule has 4 rings (SSSR count). The van der Waals surface area contributed by atoms with E-state index in [1.165, 1.54) is 25.3 Å². The molecule has 0 radical (unpaired) electrons. The summed E-state index contributed by atoms with van der Waals surface area (Å²) >= 11 is 6.18. The Morgan fingerprint density at radius 1 is 0.861 bits per heavy atom. The molecule has 2 N–H and O–H groups in total. The van der Waals surface area contributed by atoms with E-state index >= 15 is 0 Å². The van der Waals surface area contributed by atoms with Crippen molar-refractivity contribution in [2.24, 2.45) is 0 Å². The molecule has 0 bridgehead atoms. The lowest BCUT2D eigenvalue weighted by atomic mass is 10.1. The topological polar surface area (TPSA) is 64.6 Å². The lowest BCUT2D eigenvalue weighted by molar-refractivity contribution is -0.274. The van der Waals surface area contributed by atoms with E-state index < -0.39 is 6.36 Å². The van der Waals surface area contributed by atoms with Crippen molar-refractivity contribution in [3.8, 4) is 17.2 Å². The van der Waals surface area contributed by atoms with Crippen LogP contribution < -0.4 is 24.8 Å². The molecular formula is C26H25ClF3N3O3. The van der Waals surface area contributed by atoms with Crippen molar-refractivity contribution in [2.75, 3.05) is 32.6 Å². The van der Waals surface area contributed by atoms with E-state index in [1.54, 1.807) is 7.11 Å². The third kappa shape index (κ3) is 6.22. The molecule has 4 aromatic rings. The number of pyridine rings is 1. The third-order valence-corrected chi connectivity index (χ3v) is 5.81. The lowest BCUT2D eigenvalue weighted by Gasteiger charge is -2.15. The highest BCUT2D eigenvalue weighted by molar-refractivity contribution is 6.31. The van der Waals surface area contributed by atoms with Crippen LogP contribution in [0.4, 0.5) is 18.9 Å². The van der Waals surface area contributed by atoms with Crippen LogP contribution in [0, 0.1) is 0 Å². The van der Waals surface area contributed by atoms with Crippen molar-refractivity contribution < 1.29 is 27.4 Å². The van der Waals surface area contributed by atoms with Crippen LogP contribution in [0.15, 0.2) is 54.6 Å². The first-order chi connectivity index (χ1) is 17.3. The van der Waals surface area contributed by atoms with Crippen LogP contribution in [0.5, 0.6) is 17.2 Å². The molecule has 0 spiro atoms. The summed E-state index contributed by atoms with van der Waals surface area (Å²) in [5.74, 6) is 0.930. The van der Waals surface area contributed by atoms with Crippen LogP contribution >= 0.6 is 11.6 Å². The second-order valence-electron chi connectivity index (χ2n) is 8.01. The molecule has 0 saturated heterocycles. The zero-order chi connectivity index (χ0) is 25.7. The second-order valence-corrected chi connectivity index (χ2v) is 8.45. The smallest absolute Gasteiger partial charge is 0.497 e. The molecule has 3 aromatic carbocycles. The monoisotopic (exact) mass is 519 g/mol. The summed E-state index contributed by atoms with van der Waals surface area (Å²) in [6.45, 7) is 1.60. The number of ether oxygens (including phenoxy) is 3. The highest BCUT2D eigenvalue weighted by Crippen LogP contribution is 2.34. The summed E-state index contributed by atoms with van der Waals surface area (Å²) in [7, 11) is 3.09. The summed E-state index contributed by atoms with van der Waals surface area (Å²) in [5, 5.41) is 9.24. The minimum atomic E-state index is -4.75. The molecule has 36 heavy (non-hydrogen) atoms. The van der Waals surface area contributed by atoms with E-state index in [0.717, 1.165) is 39.7 Å². The van der Waals surface area contributed by atoms with Crippen molar-refractivity contribution >= 4 is 39.1 Å². The molecule has 0 saturated carbocycles. The van der Waals surface area contributed by atoms with Gasteiger partial charge in [-0.1, -0.05) is 11.6 Å². The van der Waals surface area contributed by atoms with Gasteiger partial charge in [0.25, 0.3) is 0 Å². The maximum atomic E-state index is 12.6. The molecule has 0 aliphatic heterocycles. The maximum Gasteiger partial charge on any atom is 0.573 e. The van der Waals surface area contributed by atoms with Gasteiger partial charge in [-0.3, -0.25) is 0 Å². The van der Waals surface area contributed by atoms with Crippen molar-refractivity contribution in [3.05, 3.63) is 65.2 Å². The SMILES string of the molecule is COc1ccc2nc3cc(Cl)ccc3c(NCCCNCc3cc(OC(F)(F)F)ccc3OC)c2c1. The maximum absolute atomic E-state index is 12.6. The molecule has 0 unspecified atom stereocenters. The van der Waals surface area contributed by atoms with E-state index in [-0.39, 0.29) is 5.75 Å². The molecule has 0 atom stereocenters. The highest BCUT2D eigenvalue weighted by Gasteiger charge is 2.31. The molecule has 1 heterocycles. The van der Waals surface area contributed by atoms with Gasteiger partial charge in [-0.25, -0.2) is 4.98 Å². The number of rotatable bonds is 10. The number of methoxy groups -OCH3 is 2. The average molecular weight is 520 g/mol. The van der Waals surface area contributed by atoms with Crippen LogP contribution in [-0.4, -0.2) is 38.7 Å². The predicted octanol–water partition coefficient (Wildman–Crippen LogP) is 6.55. The van der Waals surface area contributed by atoms with Gasteiger partial charge >= 0.3 is 6.36 Å². The molecule has 10 heteroatoms. The number of nitrogens with one attached hydrogen (secondary N) is 2. The number of halogens is 4. The van der Waals surface area contributed by atoms with Gasteiger partial charge in [0.05, 0.1) is 30.9 Å². The van der Waals surface area contributed by atoms with Crippen LogP contribution in [-0.2, 0) is 6.54 Å². The van der Waals surface area contributed by atoms with E-state index in [0.29, 0.717) is 36.0 Å². The minimum Gasteiger partial charge on any atom is -0.497 e. The Labute approximate surface area is 211 Å². The summed E-state index contributed by atoms with van der Waals surface area (Å²) < 4.78 is 52.3. The first-order valence-corrected chi connectivity index (χ1v) is 11.6. The van der Waals surface area contributed by atoms with Crippen LogP contribution in [0.2, 0.25) is 5.02 Å². The van der Waals surface area contributed by atoms with Gasteiger partial charge in [-0.15, -0.1) is 13.2 Å². The summed E-state index contributed by atoms with van der Waals surface area (Å²) in [5.41, 5.74) is 3.11. The summed E-state index contributed by atoms with van der Waals surface area (Å²) in [6.07, 6.45) is -3.99. The third-order valence-electron chi connectivity index (χ3n) is 5.58. The van der Waals surface area contributed by atoms with Gasteiger partial charge in [-0.2, -0.15) is 0 Å². The quantitative estimate of drug-likeness (QED) is 0.183. The van der Waals surface area contributed by atoms with Gasteiger partial charge in [-0.05, 0) is 67.6 Å². The standard InChI is InChI=1S/C26H25ClF3N3O3/c1-34-18-5-8-22-21(14-18)25(20-7-4-17(27)13-23(20)33-22)32-11-3-10-31-15-16-12-19(36-26(28,29)30)6-9-24(16)35-2/h4-9,12-14,31H,3,10-11,15H2,1-2H3,(H,32,33). The van der Waals surface area contributed by atoms with Gasteiger partial charge in [0.2, 0.25) is 0 Å². The predicted molar refractivity (Wildman–Crippen MR) is 135 cm³/mol. The molecule has 0 fully saturated rings. The van der Waals surface area contributed by atoms with Crippen LogP contribution in [0.3, 0.4) is 0 Å². The number of alkyl halides is 3. The Morgan fingerprint density at radius 3 is 2.42 bits per heavy atom. The fraction of sp³-hybridized carbons (Fsp3) is 0.269. The van der Waals surface area contributed by atoms with E-state index in [1.807, 2.05) is 36.4 Å². The number of benzene rings is 3. The highest BCUT2D eigenvalue weighted by atomic mass is 35.5. The van der Waals surface area contributed by atoms with Gasteiger partial charge < -0.3 is 24.8 Å². The first-order valence-electron chi connectivity index (χ1n) is 11.2. The fourth-order valence-corrected chi connectivity index (χ4v) is 4.12. The second kappa shape index (κ2) is 11.1. The molecular weight excluding hydrogens is 495 g/mol. The average Bonchev–Trinajstić information content (AvgIpc) is 2.84. The molecule has 190 valence electrons. The number of anilines is 1. The molecule has 1 aromatic heterocycles. The van der Waals surface area contributed by atoms with Crippen molar-refractivity contribution in [3.63, 3.8) is 0 Å². The zero-order valence-corrected chi connectivity index (χ0v) is 20.5.